The molecular weight excluding hydrogens is 358 g/mol. The minimum atomic E-state index is -1.75. The average molecular weight is 383 g/mol. The number of carbonyl (C=O) groups excluding carboxylic acids is 1. The molecule has 1 amide bonds. The number of hydrogen-bond acceptors (Lipinski definition) is 11. The van der Waals surface area contributed by atoms with Gasteiger partial charge in [-0.1, -0.05) is 0 Å². The second-order valence-corrected chi connectivity index (χ2v) is 6.26. The van der Waals surface area contributed by atoms with Crippen LogP contribution in [0.2, 0.25) is 0 Å². The van der Waals surface area contributed by atoms with Crippen LogP contribution in [0.5, 0.6) is 0 Å². The molecule has 0 bridgehead atoms. The van der Waals surface area contributed by atoms with Crippen LogP contribution in [0, 0.1) is 0 Å². The highest BCUT2D eigenvalue weighted by atomic mass is 16.7. The van der Waals surface area contributed by atoms with E-state index in [1.165, 1.54) is 0 Å². The molecular formula is C14H25NO11. The molecule has 0 aromatic heterocycles. The van der Waals surface area contributed by atoms with Gasteiger partial charge < -0.3 is 55.3 Å². The standard InChI is InChI=1S/C14H25NO11/c1-4(18)15-7-9(20)8(19)5(2-16)25-14(7)26-12-6(3-17)24-13(23)11(22)10(12)21/h5-14,16-17,19-23H,2-3H2,1H3,(H,15,18). The maximum absolute atomic E-state index is 11.4. The van der Waals surface area contributed by atoms with Crippen molar-refractivity contribution in [3.63, 3.8) is 0 Å². The van der Waals surface area contributed by atoms with Gasteiger partial charge in [-0.25, -0.2) is 0 Å². The Bertz CT molecular complexity index is 478. The molecule has 0 radical (unpaired) electrons. The Kier molecular flexibility index (Phi) is 7.27. The molecule has 0 spiro atoms. The van der Waals surface area contributed by atoms with Crippen LogP contribution >= 0.6 is 0 Å². The van der Waals surface area contributed by atoms with Gasteiger partial charge in [-0.05, 0) is 0 Å². The Labute approximate surface area is 148 Å². The minimum Gasteiger partial charge on any atom is -0.394 e. The summed E-state index contributed by atoms with van der Waals surface area (Å²) in [6.45, 7) is -0.194. The molecule has 10 atom stereocenters. The molecule has 2 aliphatic heterocycles. The zero-order valence-corrected chi connectivity index (χ0v) is 14.0. The maximum atomic E-state index is 11.4. The summed E-state index contributed by atoms with van der Waals surface area (Å²) in [5.41, 5.74) is 0. The van der Waals surface area contributed by atoms with E-state index in [2.05, 4.69) is 5.32 Å². The second-order valence-electron chi connectivity index (χ2n) is 6.26. The summed E-state index contributed by atoms with van der Waals surface area (Å²) >= 11 is 0. The molecule has 10 unspecified atom stereocenters. The average Bonchev–Trinajstić information content (AvgIpc) is 2.60. The third-order valence-corrected chi connectivity index (χ3v) is 4.38. The molecule has 0 saturated carbocycles. The van der Waals surface area contributed by atoms with Gasteiger partial charge in [-0.2, -0.15) is 0 Å². The SMILES string of the molecule is CC(=O)NC1C(OC2C(CO)OC(O)C(O)C2O)OC(CO)C(O)C1O. The van der Waals surface area contributed by atoms with Crippen molar-refractivity contribution >= 4 is 5.91 Å². The smallest absolute Gasteiger partial charge is 0.217 e. The van der Waals surface area contributed by atoms with E-state index in [1.807, 2.05) is 0 Å². The Morgan fingerprint density at radius 3 is 2.08 bits per heavy atom. The zero-order valence-electron chi connectivity index (χ0n) is 14.0. The topological polar surface area (TPSA) is 198 Å². The van der Waals surface area contributed by atoms with Crippen LogP contribution in [-0.2, 0) is 19.0 Å². The van der Waals surface area contributed by atoms with E-state index < -0.39 is 80.5 Å². The molecule has 152 valence electrons. The third kappa shape index (κ3) is 4.31. The number of rotatable bonds is 5. The normalized spacial score (nSPS) is 46.8. The van der Waals surface area contributed by atoms with Crippen LogP contribution in [0.4, 0.5) is 0 Å². The lowest BCUT2D eigenvalue weighted by molar-refractivity contribution is -0.341. The first-order valence-corrected chi connectivity index (χ1v) is 8.06. The summed E-state index contributed by atoms with van der Waals surface area (Å²) in [4.78, 5) is 11.4. The molecule has 2 aliphatic rings. The third-order valence-electron chi connectivity index (χ3n) is 4.38. The van der Waals surface area contributed by atoms with E-state index >= 15 is 0 Å². The zero-order chi connectivity index (χ0) is 19.6. The van der Waals surface area contributed by atoms with Crippen molar-refractivity contribution < 1.29 is 54.8 Å². The van der Waals surface area contributed by atoms with E-state index in [-0.39, 0.29) is 0 Å². The highest BCUT2D eigenvalue weighted by molar-refractivity contribution is 5.73. The predicted octanol–water partition coefficient (Wildman–Crippen LogP) is -5.25. The van der Waals surface area contributed by atoms with Crippen LogP contribution in [0.1, 0.15) is 6.92 Å². The van der Waals surface area contributed by atoms with Gasteiger partial charge in [0.2, 0.25) is 5.91 Å². The fourth-order valence-corrected chi connectivity index (χ4v) is 2.98. The van der Waals surface area contributed by atoms with Crippen LogP contribution in [-0.4, -0.2) is 116 Å². The molecule has 26 heavy (non-hydrogen) atoms. The van der Waals surface area contributed by atoms with Gasteiger partial charge in [-0.15, -0.1) is 0 Å². The van der Waals surface area contributed by atoms with E-state index in [4.69, 9.17) is 14.2 Å². The fourth-order valence-electron chi connectivity index (χ4n) is 2.98. The maximum Gasteiger partial charge on any atom is 0.217 e. The molecule has 12 heteroatoms. The molecule has 8 N–H and O–H groups in total. The highest BCUT2D eigenvalue weighted by Crippen LogP contribution is 2.28. The van der Waals surface area contributed by atoms with E-state index in [9.17, 15) is 40.5 Å². The summed E-state index contributed by atoms with van der Waals surface area (Å²) in [7, 11) is 0. The van der Waals surface area contributed by atoms with Crippen molar-refractivity contribution in [3.8, 4) is 0 Å². The molecule has 2 rings (SSSR count). The lowest BCUT2D eigenvalue weighted by Crippen LogP contribution is -2.67. The van der Waals surface area contributed by atoms with Crippen molar-refractivity contribution in [1.29, 1.82) is 0 Å². The summed E-state index contributed by atoms with van der Waals surface area (Å²) in [6, 6.07) is -1.28. The number of carbonyl (C=O) groups is 1. The molecule has 2 fully saturated rings. The fraction of sp³-hybridized carbons (Fsp3) is 0.929. The largest absolute Gasteiger partial charge is 0.394 e. The number of ether oxygens (including phenoxy) is 3. The lowest BCUT2D eigenvalue weighted by atomic mass is 9.95. The van der Waals surface area contributed by atoms with Crippen molar-refractivity contribution in [3.05, 3.63) is 0 Å². The second kappa shape index (κ2) is 8.84. The summed E-state index contributed by atoms with van der Waals surface area (Å²) in [6.07, 6.45) is -13.6. The van der Waals surface area contributed by atoms with Gasteiger partial charge >= 0.3 is 0 Å². The molecule has 0 aliphatic carbocycles. The molecule has 2 heterocycles. The summed E-state index contributed by atoms with van der Waals surface area (Å²) < 4.78 is 15.8. The van der Waals surface area contributed by atoms with Crippen molar-refractivity contribution in [2.24, 2.45) is 0 Å². The lowest BCUT2D eigenvalue weighted by Gasteiger charge is -2.46. The monoisotopic (exact) mass is 383 g/mol. The Balaban J connectivity index is 2.22. The van der Waals surface area contributed by atoms with Gasteiger partial charge in [-0.3, -0.25) is 4.79 Å². The molecule has 2 saturated heterocycles. The molecule has 0 aromatic rings. The van der Waals surface area contributed by atoms with Gasteiger partial charge in [0.25, 0.3) is 0 Å². The van der Waals surface area contributed by atoms with Gasteiger partial charge in [0.05, 0.1) is 13.2 Å². The predicted molar refractivity (Wildman–Crippen MR) is 80.2 cm³/mol. The summed E-state index contributed by atoms with van der Waals surface area (Å²) in [5, 5.41) is 70.5. The Morgan fingerprint density at radius 2 is 1.54 bits per heavy atom. The Morgan fingerprint density at radius 1 is 0.923 bits per heavy atom. The Hall–Kier alpha value is -0.930. The minimum absolute atomic E-state index is 0.574. The number of hydrogen-bond donors (Lipinski definition) is 8. The quantitative estimate of drug-likeness (QED) is 0.226. The van der Waals surface area contributed by atoms with Crippen molar-refractivity contribution in [1.82, 2.24) is 5.32 Å². The number of aliphatic hydroxyl groups is 7. The van der Waals surface area contributed by atoms with Crippen LogP contribution in [0.3, 0.4) is 0 Å². The van der Waals surface area contributed by atoms with Crippen molar-refractivity contribution in [2.75, 3.05) is 13.2 Å². The first-order chi connectivity index (χ1) is 12.2. The number of amides is 1. The first-order valence-electron chi connectivity index (χ1n) is 8.06. The van der Waals surface area contributed by atoms with Gasteiger partial charge in [0.1, 0.15) is 48.8 Å². The first kappa shape index (κ1) is 21.4. The van der Waals surface area contributed by atoms with Crippen LogP contribution in [0.15, 0.2) is 0 Å². The van der Waals surface area contributed by atoms with Gasteiger partial charge in [0, 0.05) is 6.92 Å². The molecule has 0 aromatic carbocycles. The summed E-state index contributed by atoms with van der Waals surface area (Å²) in [5.74, 6) is -0.574. The van der Waals surface area contributed by atoms with E-state index in [1.54, 1.807) is 0 Å². The van der Waals surface area contributed by atoms with E-state index in [0.29, 0.717) is 0 Å². The number of aliphatic hydroxyl groups excluding tert-OH is 7. The van der Waals surface area contributed by atoms with Crippen LogP contribution in [0.25, 0.3) is 0 Å². The van der Waals surface area contributed by atoms with Crippen LogP contribution < -0.4 is 5.32 Å². The highest BCUT2D eigenvalue weighted by Gasteiger charge is 2.50. The molecule has 12 nitrogen and oxygen atoms in total. The number of nitrogens with one attached hydrogen (secondary N) is 1. The van der Waals surface area contributed by atoms with E-state index in [0.717, 1.165) is 6.92 Å². The van der Waals surface area contributed by atoms with Crippen molar-refractivity contribution in [2.45, 2.75) is 68.3 Å². The van der Waals surface area contributed by atoms with Gasteiger partial charge in [0.15, 0.2) is 12.6 Å².